The van der Waals surface area contributed by atoms with Crippen LogP contribution in [0.5, 0.6) is 5.88 Å². The maximum Gasteiger partial charge on any atom is 0.255 e. The first kappa shape index (κ1) is 12.6. The Morgan fingerprint density at radius 2 is 2.00 bits per heavy atom. The number of ether oxygens (including phenoxy) is 1. The average molecular weight is 221 g/mol. The molecule has 0 aliphatic heterocycles. The maximum atomic E-state index is 5.30. The third-order valence-corrected chi connectivity index (χ3v) is 2.58. The summed E-state index contributed by atoms with van der Waals surface area (Å²) in [6.45, 7) is 8.93. The molecule has 0 amide bonds. The summed E-state index contributed by atoms with van der Waals surface area (Å²) in [4.78, 5) is 0. The highest BCUT2D eigenvalue weighted by atomic mass is 16.5. The van der Waals surface area contributed by atoms with E-state index in [2.05, 4.69) is 38.8 Å². The number of nitrogens with zero attached hydrogens (tertiary/aromatic N) is 1. The quantitative estimate of drug-likeness (QED) is 0.717. The molecule has 0 aliphatic carbocycles. The van der Waals surface area contributed by atoms with E-state index in [-0.39, 0.29) is 6.61 Å². The molecule has 3 heteroatoms. The summed E-state index contributed by atoms with van der Waals surface area (Å²) in [6, 6.07) is 1.84. The van der Waals surface area contributed by atoms with Crippen LogP contribution in [0.15, 0.2) is 10.6 Å². The lowest BCUT2D eigenvalue weighted by molar-refractivity contribution is 0.269. The molecular weight excluding hydrogens is 202 g/mol. The largest absolute Gasteiger partial charge is 0.462 e. The summed E-state index contributed by atoms with van der Waals surface area (Å²) in [7, 11) is 0. The fourth-order valence-corrected chi connectivity index (χ4v) is 2.04. The molecule has 16 heavy (non-hydrogen) atoms. The molecule has 0 spiro atoms. The van der Waals surface area contributed by atoms with Crippen molar-refractivity contribution in [2.75, 3.05) is 6.61 Å². The Kier molecular flexibility index (Phi) is 4.42. The molecule has 0 radical (unpaired) electrons. The Hall–Kier alpha value is -1.43. The molecular formula is C13H19NO2. The van der Waals surface area contributed by atoms with E-state index in [0.717, 1.165) is 5.76 Å². The van der Waals surface area contributed by atoms with Crippen LogP contribution in [0.2, 0.25) is 0 Å². The van der Waals surface area contributed by atoms with Gasteiger partial charge in [-0.1, -0.05) is 33.6 Å². The van der Waals surface area contributed by atoms with Crippen LogP contribution in [0.1, 0.15) is 39.4 Å². The number of rotatable bonds is 5. The first-order valence-electron chi connectivity index (χ1n) is 5.59. The maximum absolute atomic E-state index is 5.30. The van der Waals surface area contributed by atoms with Crippen molar-refractivity contribution in [1.82, 2.24) is 5.16 Å². The van der Waals surface area contributed by atoms with Crippen molar-refractivity contribution in [3.05, 3.63) is 11.8 Å². The molecule has 1 aromatic rings. The molecule has 3 nitrogen and oxygen atoms in total. The van der Waals surface area contributed by atoms with E-state index in [1.165, 1.54) is 0 Å². The van der Waals surface area contributed by atoms with Gasteiger partial charge in [0.25, 0.3) is 5.88 Å². The fraction of sp³-hybridized carbons (Fsp3) is 0.615. The van der Waals surface area contributed by atoms with Crippen LogP contribution >= 0.6 is 0 Å². The number of hydrogen-bond acceptors (Lipinski definition) is 3. The molecule has 0 saturated carbocycles. The van der Waals surface area contributed by atoms with Gasteiger partial charge in [-0.05, 0) is 17.0 Å². The SMILES string of the molecule is C#CCOc1cc(C(C(C)C)C(C)C)on1. The van der Waals surface area contributed by atoms with Crippen LogP contribution < -0.4 is 4.74 Å². The molecule has 0 unspecified atom stereocenters. The second-order valence-corrected chi connectivity index (χ2v) is 4.57. The molecule has 0 saturated heterocycles. The lowest BCUT2D eigenvalue weighted by Crippen LogP contribution is -2.12. The molecule has 0 fully saturated rings. The zero-order chi connectivity index (χ0) is 12.1. The molecule has 1 aromatic heterocycles. The third-order valence-electron chi connectivity index (χ3n) is 2.58. The van der Waals surface area contributed by atoms with Gasteiger partial charge in [0, 0.05) is 12.0 Å². The fourth-order valence-electron chi connectivity index (χ4n) is 2.04. The van der Waals surface area contributed by atoms with Gasteiger partial charge in [-0.15, -0.1) is 6.42 Å². The Bertz CT molecular complexity index is 352. The van der Waals surface area contributed by atoms with Crippen LogP contribution in [-0.2, 0) is 0 Å². The summed E-state index contributed by atoms with van der Waals surface area (Å²) in [5.41, 5.74) is 0. The van der Waals surface area contributed by atoms with Gasteiger partial charge < -0.3 is 9.26 Å². The van der Waals surface area contributed by atoms with Gasteiger partial charge in [0.05, 0.1) is 0 Å². The smallest absolute Gasteiger partial charge is 0.255 e. The Balaban J connectivity index is 2.79. The van der Waals surface area contributed by atoms with Gasteiger partial charge in [0.2, 0.25) is 0 Å². The van der Waals surface area contributed by atoms with E-state index in [1.54, 1.807) is 0 Å². The van der Waals surface area contributed by atoms with E-state index in [0.29, 0.717) is 23.6 Å². The summed E-state index contributed by atoms with van der Waals surface area (Å²) in [5, 5.41) is 3.85. The van der Waals surface area contributed by atoms with Gasteiger partial charge >= 0.3 is 0 Å². The minimum absolute atomic E-state index is 0.222. The van der Waals surface area contributed by atoms with Crippen molar-refractivity contribution in [2.24, 2.45) is 11.8 Å². The van der Waals surface area contributed by atoms with E-state index in [4.69, 9.17) is 15.7 Å². The van der Waals surface area contributed by atoms with E-state index >= 15 is 0 Å². The number of hydrogen-bond donors (Lipinski definition) is 0. The summed E-state index contributed by atoms with van der Waals surface area (Å²) in [5.74, 6) is 5.11. The Labute approximate surface area is 97.2 Å². The number of terminal acetylenes is 1. The highest BCUT2D eigenvalue weighted by Crippen LogP contribution is 2.33. The standard InChI is InChI=1S/C13H19NO2/c1-6-7-15-12-8-11(16-14-12)13(9(2)3)10(4)5/h1,8-10,13H,7H2,2-5H3. The van der Waals surface area contributed by atoms with Crippen molar-refractivity contribution in [3.8, 4) is 18.2 Å². The summed E-state index contributed by atoms with van der Waals surface area (Å²) < 4.78 is 10.5. The summed E-state index contributed by atoms with van der Waals surface area (Å²) >= 11 is 0. The van der Waals surface area contributed by atoms with Crippen molar-refractivity contribution >= 4 is 0 Å². The van der Waals surface area contributed by atoms with Crippen molar-refractivity contribution < 1.29 is 9.26 Å². The van der Waals surface area contributed by atoms with E-state index in [9.17, 15) is 0 Å². The average Bonchev–Trinajstić information content (AvgIpc) is 2.62. The van der Waals surface area contributed by atoms with Crippen molar-refractivity contribution in [3.63, 3.8) is 0 Å². The third kappa shape index (κ3) is 3.03. The monoisotopic (exact) mass is 221 g/mol. The normalized spacial score (nSPS) is 11.1. The van der Waals surface area contributed by atoms with Crippen LogP contribution in [-0.4, -0.2) is 11.8 Å². The molecule has 0 aliphatic rings. The number of aromatic nitrogens is 1. The Morgan fingerprint density at radius 1 is 1.38 bits per heavy atom. The minimum atomic E-state index is 0.222. The predicted molar refractivity (Wildman–Crippen MR) is 63.2 cm³/mol. The van der Waals surface area contributed by atoms with Crippen molar-refractivity contribution in [2.45, 2.75) is 33.6 Å². The molecule has 0 bridgehead atoms. The van der Waals surface area contributed by atoms with Gasteiger partial charge in [0.1, 0.15) is 5.76 Å². The highest BCUT2D eigenvalue weighted by molar-refractivity contribution is 5.16. The molecule has 0 atom stereocenters. The second-order valence-electron chi connectivity index (χ2n) is 4.57. The van der Waals surface area contributed by atoms with E-state index < -0.39 is 0 Å². The lowest BCUT2D eigenvalue weighted by Gasteiger charge is -2.21. The molecule has 1 heterocycles. The molecule has 88 valence electrons. The first-order chi connectivity index (χ1) is 7.56. The predicted octanol–water partition coefficient (Wildman–Crippen LogP) is 3.08. The van der Waals surface area contributed by atoms with Gasteiger partial charge in [-0.2, -0.15) is 0 Å². The lowest BCUT2D eigenvalue weighted by atomic mass is 9.84. The van der Waals surface area contributed by atoms with Gasteiger partial charge in [-0.3, -0.25) is 0 Å². The van der Waals surface area contributed by atoms with Crippen molar-refractivity contribution in [1.29, 1.82) is 0 Å². The summed E-state index contributed by atoms with van der Waals surface area (Å²) in [6.07, 6.45) is 5.11. The Morgan fingerprint density at radius 3 is 2.50 bits per heavy atom. The van der Waals surface area contributed by atoms with Gasteiger partial charge in [0.15, 0.2) is 6.61 Å². The second kappa shape index (κ2) is 5.60. The van der Waals surface area contributed by atoms with Gasteiger partial charge in [-0.25, -0.2) is 0 Å². The topological polar surface area (TPSA) is 35.3 Å². The minimum Gasteiger partial charge on any atom is -0.462 e. The highest BCUT2D eigenvalue weighted by Gasteiger charge is 2.24. The van der Waals surface area contributed by atoms with Crippen LogP contribution in [0.25, 0.3) is 0 Å². The molecule has 1 rings (SSSR count). The van der Waals surface area contributed by atoms with Crippen LogP contribution in [0, 0.1) is 24.2 Å². The van der Waals surface area contributed by atoms with Crippen LogP contribution in [0.3, 0.4) is 0 Å². The first-order valence-corrected chi connectivity index (χ1v) is 5.59. The zero-order valence-corrected chi connectivity index (χ0v) is 10.4. The molecule has 0 N–H and O–H groups in total. The van der Waals surface area contributed by atoms with E-state index in [1.807, 2.05) is 6.07 Å². The van der Waals surface area contributed by atoms with Crippen LogP contribution in [0.4, 0.5) is 0 Å². The molecule has 0 aromatic carbocycles. The zero-order valence-electron chi connectivity index (χ0n) is 10.4.